The Labute approximate surface area is 105 Å². The predicted octanol–water partition coefficient (Wildman–Crippen LogP) is 0.368. The van der Waals surface area contributed by atoms with Crippen molar-refractivity contribution in [3.05, 3.63) is 12.2 Å². The monoisotopic (exact) mass is 251 g/mol. The van der Waals surface area contributed by atoms with Crippen LogP contribution in [0.15, 0.2) is 12.2 Å². The number of amides is 1. The van der Waals surface area contributed by atoms with Gasteiger partial charge in [-0.15, -0.1) is 0 Å². The molecule has 5 nitrogen and oxygen atoms in total. The van der Waals surface area contributed by atoms with Gasteiger partial charge in [-0.1, -0.05) is 12.2 Å². The molecule has 0 aromatic carbocycles. The fourth-order valence-electron chi connectivity index (χ4n) is 3.49. The van der Waals surface area contributed by atoms with Crippen molar-refractivity contribution in [3.63, 3.8) is 0 Å². The molecule has 1 saturated heterocycles. The number of allylic oxidation sites excluding steroid dienone is 2. The first-order valence-corrected chi connectivity index (χ1v) is 6.46. The Kier molecular flexibility index (Phi) is 2.86. The summed E-state index contributed by atoms with van der Waals surface area (Å²) in [7, 11) is 0. The van der Waals surface area contributed by atoms with E-state index < -0.39 is 11.9 Å². The van der Waals surface area contributed by atoms with E-state index >= 15 is 0 Å². The van der Waals surface area contributed by atoms with Gasteiger partial charge in [0.25, 0.3) is 0 Å². The van der Waals surface area contributed by atoms with Crippen LogP contribution in [0, 0.1) is 23.7 Å². The summed E-state index contributed by atoms with van der Waals surface area (Å²) in [6.07, 6.45) is 4.80. The molecule has 4 atom stereocenters. The Morgan fingerprint density at radius 1 is 1.11 bits per heavy atom. The molecule has 0 aromatic rings. The molecule has 1 amide bonds. The molecule has 18 heavy (non-hydrogen) atoms. The molecule has 2 bridgehead atoms. The second kappa shape index (κ2) is 4.39. The van der Waals surface area contributed by atoms with Crippen LogP contribution < -0.4 is 0 Å². The van der Waals surface area contributed by atoms with Crippen molar-refractivity contribution in [1.29, 1.82) is 0 Å². The third-order valence-corrected chi connectivity index (χ3v) is 4.35. The molecule has 0 radical (unpaired) electrons. The van der Waals surface area contributed by atoms with E-state index in [0.29, 0.717) is 26.3 Å². The second-order valence-electron chi connectivity index (χ2n) is 5.28. The molecule has 3 rings (SSSR count). The average Bonchev–Trinajstić information content (AvgIpc) is 2.99. The maximum Gasteiger partial charge on any atom is 0.307 e. The van der Waals surface area contributed by atoms with Crippen molar-refractivity contribution < 1.29 is 19.4 Å². The molecule has 1 saturated carbocycles. The van der Waals surface area contributed by atoms with Crippen LogP contribution in [0.3, 0.4) is 0 Å². The van der Waals surface area contributed by atoms with Crippen LogP contribution in [0.25, 0.3) is 0 Å². The van der Waals surface area contributed by atoms with E-state index in [-0.39, 0.29) is 23.7 Å². The van der Waals surface area contributed by atoms with E-state index in [4.69, 9.17) is 4.74 Å². The molecule has 1 heterocycles. The summed E-state index contributed by atoms with van der Waals surface area (Å²) in [5.74, 6) is -1.57. The number of ether oxygens (including phenoxy) is 1. The van der Waals surface area contributed by atoms with E-state index in [2.05, 4.69) is 0 Å². The molecular weight excluding hydrogens is 234 g/mol. The predicted molar refractivity (Wildman–Crippen MR) is 62.8 cm³/mol. The zero-order valence-corrected chi connectivity index (χ0v) is 10.1. The van der Waals surface area contributed by atoms with Gasteiger partial charge < -0.3 is 14.7 Å². The van der Waals surface area contributed by atoms with Crippen molar-refractivity contribution in [3.8, 4) is 0 Å². The summed E-state index contributed by atoms with van der Waals surface area (Å²) in [5, 5.41) is 9.32. The van der Waals surface area contributed by atoms with Crippen LogP contribution in [0.5, 0.6) is 0 Å². The lowest BCUT2D eigenvalue weighted by atomic mass is 9.82. The standard InChI is InChI=1S/C13H17NO4/c15-12(14-3-5-18-6-4-14)10-8-1-2-9(7-8)11(10)13(16)17/h1-2,8-11H,3-7H2,(H,16,17)/t8-,9-,10+,11+/m0/s1. The largest absolute Gasteiger partial charge is 0.481 e. The summed E-state index contributed by atoms with van der Waals surface area (Å²) < 4.78 is 5.22. The first-order chi connectivity index (χ1) is 8.68. The summed E-state index contributed by atoms with van der Waals surface area (Å²) in [5.41, 5.74) is 0. The molecule has 1 aliphatic heterocycles. The molecule has 98 valence electrons. The van der Waals surface area contributed by atoms with E-state index in [0.717, 1.165) is 6.42 Å². The number of aliphatic carboxylic acids is 1. The van der Waals surface area contributed by atoms with Gasteiger partial charge in [-0.25, -0.2) is 0 Å². The van der Waals surface area contributed by atoms with Crippen molar-refractivity contribution in [2.24, 2.45) is 23.7 Å². The highest BCUT2D eigenvalue weighted by Gasteiger charge is 2.52. The molecule has 1 N–H and O–H groups in total. The van der Waals surface area contributed by atoms with Crippen LogP contribution >= 0.6 is 0 Å². The van der Waals surface area contributed by atoms with Crippen molar-refractivity contribution >= 4 is 11.9 Å². The summed E-state index contributed by atoms with van der Waals surface area (Å²) in [6.45, 7) is 2.28. The van der Waals surface area contributed by atoms with Crippen LogP contribution in [-0.4, -0.2) is 48.2 Å². The minimum atomic E-state index is -0.835. The van der Waals surface area contributed by atoms with Crippen LogP contribution in [-0.2, 0) is 14.3 Å². The minimum Gasteiger partial charge on any atom is -0.481 e. The van der Waals surface area contributed by atoms with Gasteiger partial charge in [0.05, 0.1) is 25.0 Å². The number of nitrogens with zero attached hydrogens (tertiary/aromatic N) is 1. The lowest BCUT2D eigenvalue weighted by Gasteiger charge is -2.33. The number of fused-ring (bicyclic) bond motifs is 2. The number of rotatable bonds is 2. The number of carbonyl (C=O) groups is 2. The van der Waals surface area contributed by atoms with E-state index in [1.165, 1.54) is 0 Å². The highest BCUT2D eigenvalue weighted by molar-refractivity contribution is 5.87. The third-order valence-electron chi connectivity index (χ3n) is 4.35. The maximum atomic E-state index is 12.5. The number of morpholine rings is 1. The number of carboxylic acids is 1. The molecule has 5 heteroatoms. The topological polar surface area (TPSA) is 66.8 Å². The van der Waals surface area contributed by atoms with E-state index in [1.807, 2.05) is 12.2 Å². The van der Waals surface area contributed by atoms with Crippen LogP contribution in [0.1, 0.15) is 6.42 Å². The van der Waals surface area contributed by atoms with Crippen molar-refractivity contribution in [1.82, 2.24) is 4.90 Å². The Morgan fingerprint density at radius 2 is 1.72 bits per heavy atom. The zero-order valence-electron chi connectivity index (χ0n) is 10.1. The van der Waals surface area contributed by atoms with Crippen LogP contribution in [0.4, 0.5) is 0 Å². The zero-order chi connectivity index (χ0) is 12.7. The SMILES string of the molecule is O=C(O)[C@H]1[C@H](C(=O)N2CCOCC2)[C@H]2C=C[C@H]1C2. The number of carboxylic acid groups (broad SMARTS) is 1. The van der Waals surface area contributed by atoms with E-state index in [1.54, 1.807) is 4.90 Å². The quantitative estimate of drug-likeness (QED) is 0.720. The Hall–Kier alpha value is -1.36. The highest BCUT2D eigenvalue weighted by atomic mass is 16.5. The summed E-state index contributed by atoms with van der Waals surface area (Å²) in [4.78, 5) is 25.6. The number of hydrogen-bond donors (Lipinski definition) is 1. The number of carbonyl (C=O) groups excluding carboxylic acids is 1. The van der Waals surface area contributed by atoms with Gasteiger partial charge in [-0.2, -0.15) is 0 Å². The molecule has 2 aliphatic carbocycles. The summed E-state index contributed by atoms with van der Waals surface area (Å²) >= 11 is 0. The van der Waals surface area contributed by atoms with Gasteiger partial charge >= 0.3 is 5.97 Å². The first kappa shape index (κ1) is 11.7. The van der Waals surface area contributed by atoms with Gasteiger partial charge in [-0.3, -0.25) is 9.59 Å². The first-order valence-electron chi connectivity index (χ1n) is 6.46. The lowest BCUT2D eigenvalue weighted by Crippen LogP contribution is -2.47. The van der Waals surface area contributed by atoms with Crippen molar-refractivity contribution in [2.75, 3.05) is 26.3 Å². The average molecular weight is 251 g/mol. The molecular formula is C13H17NO4. The van der Waals surface area contributed by atoms with Gasteiger partial charge in [0.1, 0.15) is 0 Å². The highest BCUT2D eigenvalue weighted by Crippen LogP contribution is 2.48. The van der Waals surface area contributed by atoms with Gasteiger partial charge in [0, 0.05) is 13.1 Å². The molecule has 0 spiro atoms. The van der Waals surface area contributed by atoms with Gasteiger partial charge in [-0.05, 0) is 18.3 Å². The molecule has 0 aromatic heterocycles. The molecule has 0 unspecified atom stereocenters. The van der Waals surface area contributed by atoms with Gasteiger partial charge in [0.2, 0.25) is 5.91 Å². The number of hydrogen-bond acceptors (Lipinski definition) is 3. The minimum absolute atomic E-state index is 0.00236. The Morgan fingerprint density at radius 3 is 2.33 bits per heavy atom. The smallest absolute Gasteiger partial charge is 0.307 e. The van der Waals surface area contributed by atoms with E-state index in [9.17, 15) is 14.7 Å². The summed E-state index contributed by atoms with van der Waals surface area (Å²) in [6, 6.07) is 0. The Balaban J connectivity index is 1.79. The van der Waals surface area contributed by atoms with Gasteiger partial charge in [0.15, 0.2) is 0 Å². The van der Waals surface area contributed by atoms with Crippen LogP contribution in [0.2, 0.25) is 0 Å². The molecule has 2 fully saturated rings. The lowest BCUT2D eigenvalue weighted by molar-refractivity contribution is -0.152. The fraction of sp³-hybridized carbons (Fsp3) is 0.692. The second-order valence-corrected chi connectivity index (χ2v) is 5.28. The maximum absolute atomic E-state index is 12.5. The third kappa shape index (κ3) is 1.73. The Bertz CT molecular complexity index is 400. The normalized spacial score (nSPS) is 38.1. The fourth-order valence-corrected chi connectivity index (χ4v) is 3.49. The molecule has 3 aliphatic rings. The van der Waals surface area contributed by atoms with Crippen molar-refractivity contribution in [2.45, 2.75) is 6.42 Å².